The van der Waals surface area contributed by atoms with Crippen LogP contribution in [0.15, 0.2) is 18.2 Å². The first kappa shape index (κ1) is 9.79. The highest BCUT2D eigenvalue weighted by Crippen LogP contribution is 2.27. The van der Waals surface area contributed by atoms with E-state index in [1.165, 1.54) is 12.1 Å². The highest BCUT2D eigenvalue weighted by molar-refractivity contribution is 6.33. The Bertz CT molecular complexity index is 486. The molecule has 76 valence electrons. The summed E-state index contributed by atoms with van der Waals surface area (Å²) in [4.78, 5) is 0. The molecule has 0 saturated heterocycles. The van der Waals surface area contributed by atoms with Gasteiger partial charge in [-0.05, 0) is 25.1 Å². The normalized spacial score (nSPS) is 10.3. The number of aryl methyl sites for hydroxylation is 1. The van der Waals surface area contributed by atoms with E-state index in [2.05, 4.69) is 20.4 Å². The van der Waals surface area contributed by atoms with Crippen molar-refractivity contribution in [3.8, 4) is 17.1 Å². The molecule has 0 aliphatic carbocycles. The van der Waals surface area contributed by atoms with Crippen LogP contribution in [0, 0.1) is 6.92 Å². The van der Waals surface area contributed by atoms with E-state index >= 15 is 0 Å². The Morgan fingerprint density at radius 2 is 1.80 bits per heavy atom. The van der Waals surface area contributed by atoms with Crippen molar-refractivity contribution < 1.29 is 5.11 Å². The SMILES string of the molecule is Cc1nnc(-c2ccc(O)cc2Cl)nn1. The second-order valence-electron chi connectivity index (χ2n) is 2.93. The Kier molecular flexibility index (Phi) is 2.47. The number of benzene rings is 1. The lowest BCUT2D eigenvalue weighted by atomic mass is 10.2. The third kappa shape index (κ3) is 2.02. The average molecular weight is 223 g/mol. The number of hydrogen-bond donors (Lipinski definition) is 1. The molecule has 0 radical (unpaired) electrons. The van der Waals surface area contributed by atoms with Crippen LogP contribution in [0.5, 0.6) is 5.75 Å². The number of aromatic nitrogens is 4. The number of phenols is 1. The van der Waals surface area contributed by atoms with Crippen molar-refractivity contribution in [2.45, 2.75) is 6.92 Å². The third-order valence-electron chi connectivity index (χ3n) is 1.77. The highest BCUT2D eigenvalue weighted by atomic mass is 35.5. The maximum absolute atomic E-state index is 9.17. The van der Waals surface area contributed by atoms with E-state index in [4.69, 9.17) is 11.6 Å². The molecule has 0 spiro atoms. The van der Waals surface area contributed by atoms with Crippen molar-refractivity contribution in [3.63, 3.8) is 0 Å². The number of hydrogen-bond acceptors (Lipinski definition) is 5. The van der Waals surface area contributed by atoms with Crippen LogP contribution in [-0.4, -0.2) is 25.5 Å². The molecule has 0 fully saturated rings. The fraction of sp³-hybridized carbons (Fsp3) is 0.111. The number of halogens is 1. The van der Waals surface area contributed by atoms with Gasteiger partial charge in [0, 0.05) is 5.56 Å². The average Bonchev–Trinajstić information content (AvgIpc) is 2.20. The maximum atomic E-state index is 9.17. The van der Waals surface area contributed by atoms with E-state index in [0.29, 0.717) is 22.2 Å². The van der Waals surface area contributed by atoms with Crippen LogP contribution < -0.4 is 0 Å². The van der Waals surface area contributed by atoms with Crippen molar-refractivity contribution in [1.29, 1.82) is 0 Å². The zero-order chi connectivity index (χ0) is 10.8. The summed E-state index contributed by atoms with van der Waals surface area (Å²) in [5.41, 5.74) is 0.592. The van der Waals surface area contributed by atoms with Crippen molar-refractivity contribution in [1.82, 2.24) is 20.4 Å². The summed E-state index contributed by atoms with van der Waals surface area (Å²) in [5.74, 6) is 0.927. The molecular weight excluding hydrogens is 216 g/mol. The number of nitrogens with zero attached hydrogens (tertiary/aromatic N) is 4. The van der Waals surface area contributed by atoms with E-state index in [1.807, 2.05) is 0 Å². The number of rotatable bonds is 1. The van der Waals surface area contributed by atoms with Gasteiger partial charge in [-0.1, -0.05) is 11.6 Å². The minimum absolute atomic E-state index is 0.0942. The van der Waals surface area contributed by atoms with Crippen LogP contribution in [-0.2, 0) is 0 Å². The molecule has 0 atom stereocenters. The van der Waals surface area contributed by atoms with Crippen LogP contribution in [0.3, 0.4) is 0 Å². The molecule has 15 heavy (non-hydrogen) atoms. The molecule has 0 unspecified atom stereocenters. The Balaban J connectivity index is 2.49. The first-order valence-electron chi connectivity index (χ1n) is 4.20. The van der Waals surface area contributed by atoms with Gasteiger partial charge in [0.25, 0.3) is 0 Å². The Morgan fingerprint density at radius 1 is 1.13 bits per heavy atom. The fourth-order valence-corrected chi connectivity index (χ4v) is 1.33. The summed E-state index contributed by atoms with van der Waals surface area (Å²) in [6.07, 6.45) is 0. The van der Waals surface area contributed by atoms with Gasteiger partial charge in [0.2, 0.25) is 5.82 Å². The Hall–Kier alpha value is -1.75. The number of aromatic hydroxyl groups is 1. The molecule has 0 aliphatic heterocycles. The van der Waals surface area contributed by atoms with E-state index in [-0.39, 0.29) is 5.75 Å². The Morgan fingerprint density at radius 3 is 2.40 bits per heavy atom. The second-order valence-corrected chi connectivity index (χ2v) is 3.34. The van der Waals surface area contributed by atoms with Crippen molar-refractivity contribution in [3.05, 3.63) is 29.0 Å². The molecule has 2 rings (SSSR count). The summed E-state index contributed by atoms with van der Waals surface area (Å²) >= 11 is 5.91. The molecule has 0 amide bonds. The minimum atomic E-state index is 0.0942. The van der Waals surface area contributed by atoms with E-state index in [9.17, 15) is 5.11 Å². The Labute approximate surface area is 90.8 Å². The third-order valence-corrected chi connectivity index (χ3v) is 2.09. The van der Waals surface area contributed by atoms with Crippen molar-refractivity contribution >= 4 is 11.6 Å². The van der Waals surface area contributed by atoms with E-state index in [0.717, 1.165) is 0 Å². The van der Waals surface area contributed by atoms with Crippen LogP contribution in [0.4, 0.5) is 0 Å². The van der Waals surface area contributed by atoms with Gasteiger partial charge in [0.05, 0.1) is 5.02 Å². The molecule has 0 aliphatic rings. The largest absolute Gasteiger partial charge is 0.508 e. The highest BCUT2D eigenvalue weighted by Gasteiger charge is 2.08. The topological polar surface area (TPSA) is 71.8 Å². The zero-order valence-electron chi connectivity index (χ0n) is 7.85. The molecule has 2 aromatic rings. The van der Waals surface area contributed by atoms with Gasteiger partial charge in [0.1, 0.15) is 5.75 Å². The summed E-state index contributed by atoms with van der Waals surface area (Å²) in [7, 11) is 0. The van der Waals surface area contributed by atoms with Crippen molar-refractivity contribution in [2.75, 3.05) is 0 Å². The predicted molar refractivity (Wildman–Crippen MR) is 54.5 cm³/mol. The summed E-state index contributed by atoms with van der Waals surface area (Å²) in [5, 5.41) is 24.8. The molecule has 5 nitrogen and oxygen atoms in total. The van der Waals surface area contributed by atoms with Gasteiger partial charge in [-0.15, -0.1) is 20.4 Å². The van der Waals surface area contributed by atoms with Gasteiger partial charge >= 0.3 is 0 Å². The molecule has 1 aromatic carbocycles. The smallest absolute Gasteiger partial charge is 0.205 e. The maximum Gasteiger partial charge on any atom is 0.205 e. The van der Waals surface area contributed by atoms with Crippen molar-refractivity contribution in [2.24, 2.45) is 0 Å². The van der Waals surface area contributed by atoms with Crippen LogP contribution in [0.25, 0.3) is 11.4 Å². The molecule has 1 aromatic heterocycles. The van der Waals surface area contributed by atoms with Gasteiger partial charge in [0.15, 0.2) is 5.82 Å². The standard InChI is InChI=1S/C9H7ClN4O/c1-5-11-13-9(14-12-5)7-3-2-6(15)4-8(7)10/h2-4,15H,1H3. The summed E-state index contributed by atoms with van der Waals surface area (Å²) in [6, 6.07) is 4.54. The lowest BCUT2D eigenvalue weighted by Crippen LogP contribution is -1.98. The monoisotopic (exact) mass is 222 g/mol. The summed E-state index contributed by atoms with van der Waals surface area (Å²) < 4.78 is 0. The van der Waals surface area contributed by atoms with Gasteiger partial charge in [-0.3, -0.25) is 0 Å². The minimum Gasteiger partial charge on any atom is -0.508 e. The molecule has 0 saturated carbocycles. The molecule has 0 bridgehead atoms. The summed E-state index contributed by atoms with van der Waals surface area (Å²) in [6.45, 7) is 1.70. The zero-order valence-corrected chi connectivity index (χ0v) is 8.60. The quantitative estimate of drug-likeness (QED) is 0.794. The predicted octanol–water partition coefficient (Wildman–Crippen LogP) is 1.60. The molecular formula is C9H7ClN4O. The number of phenolic OH excluding ortho intramolecular Hbond substituents is 1. The molecule has 1 N–H and O–H groups in total. The molecule has 6 heteroatoms. The van der Waals surface area contributed by atoms with E-state index < -0.39 is 0 Å². The lowest BCUT2D eigenvalue weighted by Gasteiger charge is -2.01. The fourth-order valence-electron chi connectivity index (χ4n) is 1.07. The van der Waals surface area contributed by atoms with Crippen LogP contribution in [0.2, 0.25) is 5.02 Å². The van der Waals surface area contributed by atoms with Gasteiger partial charge in [-0.25, -0.2) is 0 Å². The van der Waals surface area contributed by atoms with Gasteiger partial charge in [-0.2, -0.15) is 0 Å². The second kappa shape index (κ2) is 3.78. The first-order chi connectivity index (χ1) is 7.16. The lowest BCUT2D eigenvalue weighted by molar-refractivity contribution is 0.475. The van der Waals surface area contributed by atoms with Gasteiger partial charge < -0.3 is 5.11 Å². The first-order valence-corrected chi connectivity index (χ1v) is 4.57. The van der Waals surface area contributed by atoms with Crippen LogP contribution >= 0.6 is 11.6 Å². The molecule has 1 heterocycles. The van der Waals surface area contributed by atoms with E-state index in [1.54, 1.807) is 13.0 Å². The van der Waals surface area contributed by atoms with Crippen LogP contribution in [0.1, 0.15) is 5.82 Å².